The molecule has 0 aliphatic carbocycles. The largest absolute Gasteiger partial charge is 0.493 e. The van der Waals surface area contributed by atoms with Crippen LogP contribution in [0.4, 0.5) is 5.00 Å². The van der Waals surface area contributed by atoms with Crippen molar-refractivity contribution < 1.29 is 19.2 Å². The maximum Gasteiger partial charge on any atom is 0.256 e. The third-order valence-electron chi connectivity index (χ3n) is 5.25. The predicted molar refractivity (Wildman–Crippen MR) is 101 cm³/mol. The summed E-state index contributed by atoms with van der Waals surface area (Å²) in [5.41, 5.74) is 2.92. The molecule has 0 saturated heterocycles. The first kappa shape index (κ1) is 17.2. The summed E-state index contributed by atoms with van der Waals surface area (Å²) >= 11 is 1.72. The highest BCUT2D eigenvalue weighted by Crippen LogP contribution is 2.41. The van der Waals surface area contributed by atoms with Crippen LogP contribution in [0.3, 0.4) is 0 Å². The number of likely N-dealkylation sites (N-methyl/N-ethyl adjacent to an activating group) is 1. The molecule has 0 spiro atoms. The van der Waals surface area contributed by atoms with Crippen LogP contribution >= 0.6 is 11.3 Å². The Balaban J connectivity index is 1.70. The van der Waals surface area contributed by atoms with Gasteiger partial charge in [0.05, 0.1) is 37.7 Å². The van der Waals surface area contributed by atoms with E-state index < -0.39 is 0 Å². The molecular formula is C19H24N3O3S+. The van der Waals surface area contributed by atoms with Gasteiger partial charge < -0.3 is 25.0 Å². The quantitative estimate of drug-likeness (QED) is 0.760. The van der Waals surface area contributed by atoms with Gasteiger partial charge in [-0.15, -0.1) is 11.3 Å². The molecule has 0 bridgehead atoms. The zero-order chi connectivity index (χ0) is 18.3. The molecule has 4 rings (SSSR count). The van der Waals surface area contributed by atoms with Gasteiger partial charge in [0.15, 0.2) is 11.5 Å². The van der Waals surface area contributed by atoms with Crippen molar-refractivity contribution in [2.45, 2.75) is 26.1 Å². The van der Waals surface area contributed by atoms with Crippen LogP contribution in [0.1, 0.15) is 39.5 Å². The van der Waals surface area contributed by atoms with Gasteiger partial charge >= 0.3 is 0 Å². The van der Waals surface area contributed by atoms with Crippen molar-refractivity contribution in [2.75, 3.05) is 32.6 Å². The second-order valence-corrected chi connectivity index (χ2v) is 7.73. The third kappa shape index (κ3) is 2.71. The molecule has 7 heteroatoms. The van der Waals surface area contributed by atoms with Crippen molar-refractivity contribution >= 4 is 22.2 Å². The van der Waals surface area contributed by atoms with E-state index in [0.29, 0.717) is 11.5 Å². The Kier molecular flexibility index (Phi) is 4.50. The summed E-state index contributed by atoms with van der Waals surface area (Å²) in [7, 11) is 3.23. The molecule has 6 nitrogen and oxygen atoms in total. The number of benzene rings is 1. The van der Waals surface area contributed by atoms with Gasteiger partial charge in [0.25, 0.3) is 5.91 Å². The number of rotatable bonds is 4. The number of quaternary nitrogens is 1. The number of para-hydroxylation sites is 1. The number of hydrogen-bond donors (Lipinski definition) is 3. The molecule has 1 amide bonds. The topological polar surface area (TPSA) is 64.0 Å². The average molecular weight is 374 g/mol. The standard InChI is InChI=1S/C19H23N3O3S/c1-4-22-9-8-11-14(10-22)26-19-15(11)18(23)20-17(21-19)12-6-5-7-13(24-2)16(12)25-3/h5-7,17,21H,4,8-10H2,1-3H3,(H,20,23)/p+1/t17-/m0/s1. The molecule has 2 atom stereocenters. The van der Waals surface area contributed by atoms with Crippen molar-refractivity contribution in [2.24, 2.45) is 0 Å². The lowest BCUT2D eigenvalue weighted by Gasteiger charge is -2.28. The van der Waals surface area contributed by atoms with Crippen molar-refractivity contribution in [1.29, 1.82) is 0 Å². The fraction of sp³-hybridized carbons (Fsp3) is 0.421. The lowest BCUT2D eigenvalue weighted by molar-refractivity contribution is -0.913. The highest BCUT2D eigenvalue weighted by Gasteiger charge is 2.35. The van der Waals surface area contributed by atoms with E-state index in [1.54, 1.807) is 30.5 Å². The van der Waals surface area contributed by atoms with E-state index in [0.717, 1.165) is 42.2 Å². The Morgan fingerprint density at radius 3 is 2.85 bits per heavy atom. The number of methoxy groups -OCH3 is 2. The molecule has 1 unspecified atom stereocenters. The van der Waals surface area contributed by atoms with Crippen molar-refractivity contribution in [3.8, 4) is 11.5 Å². The van der Waals surface area contributed by atoms with E-state index >= 15 is 0 Å². The SMILES string of the molecule is CC[NH+]1CCc2c(sc3c2C(=O)N[C@H](c2cccc(OC)c2OC)N3)C1. The second-order valence-electron chi connectivity index (χ2n) is 6.62. The molecule has 138 valence electrons. The molecule has 26 heavy (non-hydrogen) atoms. The molecule has 3 N–H and O–H groups in total. The average Bonchev–Trinajstić information content (AvgIpc) is 3.04. The van der Waals surface area contributed by atoms with Gasteiger partial charge in [0.2, 0.25) is 0 Å². The molecule has 0 saturated carbocycles. The number of thiophene rings is 1. The maximum atomic E-state index is 12.9. The first-order chi connectivity index (χ1) is 12.7. The summed E-state index contributed by atoms with van der Waals surface area (Å²) in [6, 6.07) is 5.70. The van der Waals surface area contributed by atoms with Gasteiger partial charge in [0.1, 0.15) is 17.7 Å². The number of anilines is 1. The van der Waals surface area contributed by atoms with Gasteiger partial charge in [-0.1, -0.05) is 12.1 Å². The van der Waals surface area contributed by atoms with E-state index in [1.807, 2.05) is 18.2 Å². The van der Waals surface area contributed by atoms with Crippen molar-refractivity contribution in [3.05, 3.63) is 39.8 Å². The highest BCUT2D eigenvalue weighted by molar-refractivity contribution is 7.16. The van der Waals surface area contributed by atoms with Gasteiger partial charge in [-0.05, 0) is 18.6 Å². The summed E-state index contributed by atoms with van der Waals surface area (Å²) in [4.78, 5) is 15.8. The smallest absolute Gasteiger partial charge is 0.256 e. The molecule has 0 fully saturated rings. The summed E-state index contributed by atoms with van der Waals surface area (Å²) < 4.78 is 10.9. The van der Waals surface area contributed by atoms with Crippen LogP contribution in [0.25, 0.3) is 0 Å². The van der Waals surface area contributed by atoms with Gasteiger partial charge in [-0.2, -0.15) is 0 Å². The second kappa shape index (κ2) is 6.81. The van der Waals surface area contributed by atoms with Crippen LogP contribution in [-0.4, -0.2) is 33.2 Å². The van der Waals surface area contributed by atoms with E-state index in [1.165, 1.54) is 10.4 Å². The van der Waals surface area contributed by atoms with Gasteiger partial charge in [-0.3, -0.25) is 4.79 Å². The minimum absolute atomic E-state index is 0.00827. The third-order valence-corrected chi connectivity index (χ3v) is 6.42. The Labute approximate surface area is 157 Å². The number of carbonyl (C=O) groups excluding carboxylic acids is 1. The number of nitrogens with one attached hydrogen (secondary N) is 3. The highest BCUT2D eigenvalue weighted by atomic mass is 32.1. The first-order valence-electron chi connectivity index (χ1n) is 8.92. The molecule has 2 aromatic rings. The number of hydrogen-bond acceptors (Lipinski definition) is 5. The van der Waals surface area contributed by atoms with E-state index in [9.17, 15) is 4.79 Å². The van der Waals surface area contributed by atoms with Gasteiger partial charge in [-0.25, -0.2) is 0 Å². The lowest BCUT2D eigenvalue weighted by atomic mass is 10.00. The van der Waals surface area contributed by atoms with Crippen LogP contribution < -0.4 is 25.0 Å². The van der Waals surface area contributed by atoms with Crippen LogP contribution in [0.5, 0.6) is 11.5 Å². The fourth-order valence-electron chi connectivity index (χ4n) is 3.85. The maximum absolute atomic E-state index is 12.9. The molecule has 2 aliphatic heterocycles. The fourth-order valence-corrected chi connectivity index (χ4v) is 5.19. The van der Waals surface area contributed by atoms with Crippen LogP contribution in [0, 0.1) is 0 Å². The normalized spacial score (nSPS) is 21.3. The molecule has 0 radical (unpaired) electrons. The van der Waals surface area contributed by atoms with Crippen LogP contribution in [-0.2, 0) is 13.0 Å². The van der Waals surface area contributed by atoms with E-state index in [2.05, 4.69) is 17.6 Å². The van der Waals surface area contributed by atoms with Crippen LogP contribution in [0.15, 0.2) is 18.2 Å². The van der Waals surface area contributed by atoms with Gasteiger partial charge in [0, 0.05) is 12.0 Å². The predicted octanol–water partition coefficient (Wildman–Crippen LogP) is 1.58. The first-order valence-corrected chi connectivity index (χ1v) is 9.74. The Hall–Kier alpha value is -2.25. The van der Waals surface area contributed by atoms with E-state index in [-0.39, 0.29) is 12.1 Å². The van der Waals surface area contributed by atoms with Crippen LogP contribution in [0.2, 0.25) is 0 Å². The number of ether oxygens (including phenoxy) is 2. The Morgan fingerprint density at radius 2 is 2.12 bits per heavy atom. The molecule has 1 aromatic heterocycles. The molecule has 3 heterocycles. The minimum Gasteiger partial charge on any atom is -0.493 e. The zero-order valence-electron chi connectivity index (χ0n) is 15.3. The summed E-state index contributed by atoms with van der Waals surface area (Å²) in [6.45, 7) is 5.42. The van der Waals surface area contributed by atoms with E-state index in [4.69, 9.17) is 9.47 Å². The van der Waals surface area contributed by atoms with Crippen molar-refractivity contribution in [1.82, 2.24) is 5.32 Å². The zero-order valence-corrected chi connectivity index (χ0v) is 16.1. The molecule has 1 aromatic carbocycles. The van der Waals surface area contributed by atoms with Crippen molar-refractivity contribution in [3.63, 3.8) is 0 Å². The Bertz CT molecular complexity index is 849. The minimum atomic E-state index is -0.338. The number of carbonyl (C=O) groups is 1. The summed E-state index contributed by atoms with van der Waals surface area (Å²) in [5, 5.41) is 7.56. The summed E-state index contributed by atoms with van der Waals surface area (Å²) in [5.74, 6) is 1.28. The molecular weight excluding hydrogens is 350 g/mol. The Morgan fingerprint density at radius 1 is 1.27 bits per heavy atom. The monoisotopic (exact) mass is 374 g/mol. The number of fused-ring (bicyclic) bond motifs is 3. The summed E-state index contributed by atoms with van der Waals surface area (Å²) in [6.07, 6.45) is 0.627. The lowest BCUT2D eigenvalue weighted by Crippen LogP contribution is -3.11. The molecule has 2 aliphatic rings. The number of amides is 1.